The van der Waals surface area contributed by atoms with Crippen molar-refractivity contribution in [3.05, 3.63) is 182 Å². The predicted molar refractivity (Wildman–Crippen MR) is 223 cm³/mol. The molecule has 12 aromatic rings. The van der Waals surface area contributed by atoms with E-state index in [9.17, 15) is 0 Å². The third-order valence-electron chi connectivity index (χ3n) is 11.1. The van der Waals surface area contributed by atoms with Crippen molar-refractivity contribution in [2.24, 2.45) is 0 Å². The van der Waals surface area contributed by atoms with Gasteiger partial charge in [0.1, 0.15) is 16.7 Å². The van der Waals surface area contributed by atoms with Crippen LogP contribution in [0.4, 0.5) is 0 Å². The van der Waals surface area contributed by atoms with Crippen LogP contribution in [0.25, 0.3) is 110 Å². The van der Waals surface area contributed by atoms with E-state index in [0.717, 1.165) is 83.2 Å². The Hall–Kier alpha value is -7.30. The Bertz CT molecular complexity index is 3430. The van der Waals surface area contributed by atoms with Crippen LogP contribution in [-0.2, 0) is 0 Å². The molecule has 0 amide bonds. The molecule has 0 aliphatic heterocycles. The van der Waals surface area contributed by atoms with Crippen LogP contribution in [-0.4, -0.2) is 9.13 Å². The molecule has 0 radical (unpaired) electrons. The Morgan fingerprint density at radius 3 is 1.69 bits per heavy atom. The van der Waals surface area contributed by atoms with E-state index < -0.39 is 0 Å². The lowest BCUT2D eigenvalue weighted by Gasteiger charge is -2.10. The van der Waals surface area contributed by atoms with Gasteiger partial charge >= 0.3 is 0 Å². The highest BCUT2D eigenvalue weighted by atomic mass is 16.3. The number of aromatic nitrogens is 2. The molecule has 0 aliphatic rings. The van der Waals surface area contributed by atoms with E-state index in [4.69, 9.17) is 8.83 Å². The van der Waals surface area contributed by atoms with Crippen molar-refractivity contribution in [1.29, 1.82) is 0 Å². The lowest BCUT2D eigenvalue weighted by Crippen LogP contribution is -1.92. The van der Waals surface area contributed by atoms with Gasteiger partial charge in [-0.15, -0.1) is 0 Å². The van der Waals surface area contributed by atoms with Crippen molar-refractivity contribution in [3.63, 3.8) is 0 Å². The number of hydrogen-bond acceptors (Lipinski definition) is 2. The number of fused-ring (bicyclic) bond motifs is 11. The van der Waals surface area contributed by atoms with Crippen LogP contribution >= 0.6 is 0 Å². The van der Waals surface area contributed by atoms with Crippen molar-refractivity contribution < 1.29 is 8.83 Å². The van der Waals surface area contributed by atoms with Crippen LogP contribution in [0.3, 0.4) is 0 Å². The molecule has 4 nitrogen and oxygen atoms in total. The van der Waals surface area contributed by atoms with Crippen LogP contribution < -0.4 is 0 Å². The second-order valence-electron chi connectivity index (χ2n) is 14.1. The molecule has 0 N–H and O–H groups in total. The zero-order chi connectivity index (χ0) is 35.3. The third kappa shape index (κ3) is 4.08. The molecule has 4 aromatic heterocycles. The summed E-state index contributed by atoms with van der Waals surface area (Å²) in [5.74, 6) is 0. The summed E-state index contributed by atoms with van der Waals surface area (Å²) in [6.07, 6.45) is 0. The summed E-state index contributed by atoms with van der Waals surface area (Å²) >= 11 is 0. The van der Waals surface area contributed by atoms with Crippen molar-refractivity contribution in [3.8, 4) is 33.6 Å². The maximum Gasteiger partial charge on any atom is 0.213 e. The first kappa shape index (κ1) is 29.3. The molecule has 4 heterocycles. The van der Waals surface area contributed by atoms with E-state index >= 15 is 0 Å². The Kier molecular flexibility index (Phi) is 6.02. The molecule has 12 rings (SSSR count). The molecule has 8 aromatic carbocycles. The van der Waals surface area contributed by atoms with Gasteiger partial charge in [-0.1, -0.05) is 109 Å². The molecular formula is C50H30N2O2. The van der Waals surface area contributed by atoms with Gasteiger partial charge in [0.05, 0.1) is 21.9 Å². The molecule has 0 unspecified atom stereocenters. The summed E-state index contributed by atoms with van der Waals surface area (Å²) in [7, 11) is 0. The molecule has 0 bridgehead atoms. The van der Waals surface area contributed by atoms with Gasteiger partial charge < -0.3 is 13.4 Å². The minimum Gasteiger partial charge on any atom is -0.455 e. The van der Waals surface area contributed by atoms with E-state index in [1.54, 1.807) is 0 Å². The van der Waals surface area contributed by atoms with E-state index in [2.05, 4.69) is 179 Å². The number of benzene rings is 8. The number of furan rings is 2. The lowest BCUT2D eigenvalue weighted by atomic mass is 9.93. The summed E-state index contributed by atoms with van der Waals surface area (Å²) in [4.78, 5) is 0. The van der Waals surface area contributed by atoms with Gasteiger partial charge in [0, 0.05) is 49.3 Å². The standard InChI is InChI=1S/C50H30N2O2/c1-3-13-33(14-4-1)51-42-20-10-7-17-37(42)40-29-31(23-27-44(40)51)35-25-26-36(49-47(35)39-19-9-12-22-45(39)53-49)32-24-28-46-41(30-32)48-38-18-8-11-21-43(38)52(50(48)54-46)34-15-5-2-6-16-34/h1-30H. The molecule has 0 fully saturated rings. The van der Waals surface area contributed by atoms with Gasteiger partial charge in [-0.25, -0.2) is 0 Å². The fraction of sp³-hybridized carbons (Fsp3) is 0. The van der Waals surface area contributed by atoms with Gasteiger partial charge in [-0.3, -0.25) is 4.57 Å². The second kappa shape index (κ2) is 11.1. The number of para-hydroxylation sites is 5. The average Bonchev–Trinajstić information content (AvgIpc) is 3.98. The van der Waals surface area contributed by atoms with E-state index in [-0.39, 0.29) is 0 Å². The van der Waals surface area contributed by atoms with Crippen molar-refractivity contribution in [2.75, 3.05) is 0 Å². The maximum atomic E-state index is 6.80. The van der Waals surface area contributed by atoms with Gasteiger partial charge in [-0.2, -0.15) is 0 Å². The van der Waals surface area contributed by atoms with Crippen molar-refractivity contribution >= 4 is 76.7 Å². The largest absolute Gasteiger partial charge is 0.455 e. The smallest absolute Gasteiger partial charge is 0.213 e. The number of rotatable bonds is 4. The summed E-state index contributed by atoms with van der Waals surface area (Å²) in [6, 6.07) is 64.6. The Balaban J connectivity index is 1.09. The quantitative estimate of drug-likeness (QED) is 0.184. The normalized spacial score (nSPS) is 12.1. The predicted octanol–water partition coefficient (Wildman–Crippen LogP) is 13.9. The van der Waals surface area contributed by atoms with Crippen LogP contribution in [0.1, 0.15) is 0 Å². The minimum atomic E-state index is 0.850. The lowest BCUT2D eigenvalue weighted by molar-refractivity contribution is 0.645. The maximum absolute atomic E-state index is 6.80. The van der Waals surface area contributed by atoms with Crippen LogP contribution in [0.5, 0.6) is 0 Å². The monoisotopic (exact) mass is 690 g/mol. The van der Waals surface area contributed by atoms with E-state index in [1.807, 2.05) is 12.1 Å². The highest BCUT2D eigenvalue weighted by Gasteiger charge is 2.22. The minimum absolute atomic E-state index is 0.850. The number of hydrogen-bond donors (Lipinski definition) is 0. The fourth-order valence-corrected chi connectivity index (χ4v) is 8.78. The van der Waals surface area contributed by atoms with Gasteiger partial charge in [0.15, 0.2) is 0 Å². The molecule has 54 heavy (non-hydrogen) atoms. The Labute approximate surface area is 309 Å². The van der Waals surface area contributed by atoms with Gasteiger partial charge in [0.25, 0.3) is 0 Å². The fourth-order valence-electron chi connectivity index (χ4n) is 8.78. The molecular weight excluding hydrogens is 661 g/mol. The van der Waals surface area contributed by atoms with Gasteiger partial charge in [-0.05, 0) is 89.5 Å². The van der Waals surface area contributed by atoms with Crippen LogP contribution in [0, 0.1) is 0 Å². The molecule has 0 aliphatic carbocycles. The molecule has 4 heteroatoms. The summed E-state index contributed by atoms with van der Waals surface area (Å²) in [5.41, 5.74) is 13.6. The van der Waals surface area contributed by atoms with Crippen molar-refractivity contribution in [1.82, 2.24) is 9.13 Å². The first-order valence-electron chi connectivity index (χ1n) is 18.3. The first-order chi connectivity index (χ1) is 26.8. The Morgan fingerprint density at radius 2 is 0.889 bits per heavy atom. The van der Waals surface area contributed by atoms with E-state index in [1.165, 1.54) is 27.2 Å². The molecule has 0 atom stereocenters. The van der Waals surface area contributed by atoms with Crippen LogP contribution in [0.2, 0.25) is 0 Å². The highest BCUT2D eigenvalue weighted by molar-refractivity contribution is 6.22. The average molecular weight is 691 g/mol. The summed E-state index contributed by atoms with van der Waals surface area (Å²) in [6.45, 7) is 0. The molecule has 252 valence electrons. The molecule has 0 saturated carbocycles. The zero-order valence-electron chi connectivity index (χ0n) is 29.0. The highest BCUT2D eigenvalue weighted by Crippen LogP contribution is 2.45. The van der Waals surface area contributed by atoms with Crippen LogP contribution in [0.15, 0.2) is 191 Å². The number of nitrogens with zero attached hydrogens (tertiary/aromatic N) is 2. The first-order valence-corrected chi connectivity index (χ1v) is 18.3. The topological polar surface area (TPSA) is 36.1 Å². The summed E-state index contributed by atoms with van der Waals surface area (Å²) in [5, 5.41) is 8.05. The summed E-state index contributed by atoms with van der Waals surface area (Å²) < 4.78 is 18.0. The molecule has 0 saturated heterocycles. The third-order valence-corrected chi connectivity index (χ3v) is 11.1. The Morgan fingerprint density at radius 1 is 0.333 bits per heavy atom. The van der Waals surface area contributed by atoms with E-state index in [0.29, 0.717) is 0 Å². The van der Waals surface area contributed by atoms with Crippen molar-refractivity contribution in [2.45, 2.75) is 0 Å². The second-order valence-corrected chi connectivity index (χ2v) is 14.1. The SMILES string of the molecule is c1ccc(-n2c3ccccc3c3cc(-c4ccc(-c5ccc6oc7c(c6c5)c5ccccc5n7-c5ccccc5)c5oc6ccccc6c45)ccc32)cc1. The zero-order valence-corrected chi connectivity index (χ0v) is 29.0. The molecule has 0 spiro atoms. The van der Waals surface area contributed by atoms with Gasteiger partial charge in [0.2, 0.25) is 5.71 Å².